The molecule has 0 aromatic heterocycles. The highest BCUT2D eigenvalue weighted by molar-refractivity contribution is 6.36. The third-order valence-corrected chi connectivity index (χ3v) is 2.91. The Labute approximate surface area is 117 Å². The lowest BCUT2D eigenvalue weighted by atomic mass is 10.1. The number of hydrogen-bond donors (Lipinski definition) is 1. The van der Waals surface area contributed by atoms with Crippen LogP contribution in [0.5, 0.6) is 5.75 Å². The lowest BCUT2D eigenvalue weighted by Crippen LogP contribution is -2.06. The van der Waals surface area contributed by atoms with E-state index < -0.39 is 5.97 Å². The van der Waals surface area contributed by atoms with E-state index in [1.54, 1.807) is 0 Å². The molecule has 0 bridgehead atoms. The van der Waals surface area contributed by atoms with E-state index in [0.717, 1.165) is 12.8 Å². The van der Waals surface area contributed by atoms with Gasteiger partial charge in [0.05, 0.1) is 11.6 Å². The van der Waals surface area contributed by atoms with E-state index in [4.69, 9.17) is 33.0 Å². The number of halogens is 2. The largest absolute Gasteiger partial charge is 0.491 e. The smallest absolute Gasteiger partial charge is 0.339 e. The number of ether oxygens (including phenoxy) is 1. The van der Waals surface area contributed by atoms with E-state index in [1.165, 1.54) is 12.1 Å². The van der Waals surface area contributed by atoms with Crippen molar-refractivity contribution in [2.45, 2.75) is 26.7 Å². The van der Waals surface area contributed by atoms with Gasteiger partial charge < -0.3 is 9.84 Å². The summed E-state index contributed by atoms with van der Waals surface area (Å²) in [6, 6.07) is 2.82. The molecule has 1 aromatic carbocycles. The predicted molar refractivity (Wildman–Crippen MR) is 73.0 cm³/mol. The van der Waals surface area contributed by atoms with Gasteiger partial charge in [-0.2, -0.15) is 0 Å². The summed E-state index contributed by atoms with van der Waals surface area (Å²) in [4.78, 5) is 11.1. The summed E-state index contributed by atoms with van der Waals surface area (Å²) < 4.78 is 5.46. The molecule has 0 spiro atoms. The SMILES string of the molecule is CC(C)CCCOc1c(Cl)cc(Cl)cc1C(=O)O. The van der Waals surface area contributed by atoms with Crippen molar-refractivity contribution >= 4 is 29.2 Å². The van der Waals surface area contributed by atoms with Gasteiger partial charge in [-0.3, -0.25) is 0 Å². The van der Waals surface area contributed by atoms with Crippen molar-refractivity contribution in [2.24, 2.45) is 5.92 Å². The molecule has 0 radical (unpaired) electrons. The summed E-state index contributed by atoms with van der Waals surface area (Å²) in [7, 11) is 0. The maximum atomic E-state index is 11.1. The fourth-order valence-corrected chi connectivity index (χ4v) is 2.08. The Morgan fingerprint density at radius 2 is 2.06 bits per heavy atom. The van der Waals surface area contributed by atoms with Crippen LogP contribution in [-0.4, -0.2) is 17.7 Å². The molecule has 0 aliphatic rings. The van der Waals surface area contributed by atoms with Gasteiger partial charge in [0.15, 0.2) is 5.75 Å². The van der Waals surface area contributed by atoms with Gasteiger partial charge in [0, 0.05) is 5.02 Å². The monoisotopic (exact) mass is 290 g/mol. The van der Waals surface area contributed by atoms with Crippen LogP contribution in [0.1, 0.15) is 37.0 Å². The first-order valence-corrected chi connectivity index (χ1v) is 6.52. The molecule has 0 heterocycles. The van der Waals surface area contributed by atoms with Crippen LogP contribution in [0.4, 0.5) is 0 Å². The second-order valence-corrected chi connectivity index (χ2v) is 5.30. The Morgan fingerprint density at radius 3 is 2.61 bits per heavy atom. The lowest BCUT2D eigenvalue weighted by molar-refractivity contribution is 0.0692. The molecule has 18 heavy (non-hydrogen) atoms. The van der Waals surface area contributed by atoms with E-state index in [9.17, 15) is 4.79 Å². The minimum Gasteiger partial charge on any atom is -0.491 e. The summed E-state index contributed by atoms with van der Waals surface area (Å²) in [6.07, 6.45) is 1.88. The van der Waals surface area contributed by atoms with E-state index in [0.29, 0.717) is 12.5 Å². The van der Waals surface area contributed by atoms with Gasteiger partial charge in [0.25, 0.3) is 0 Å². The fourth-order valence-electron chi connectivity index (χ4n) is 1.53. The molecule has 0 fully saturated rings. The minimum absolute atomic E-state index is 0.00273. The first-order valence-electron chi connectivity index (χ1n) is 5.77. The highest BCUT2D eigenvalue weighted by atomic mass is 35.5. The fraction of sp³-hybridized carbons (Fsp3) is 0.462. The molecular formula is C13H16Cl2O3. The van der Waals surface area contributed by atoms with Crippen LogP contribution in [0.15, 0.2) is 12.1 Å². The molecular weight excluding hydrogens is 275 g/mol. The van der Waals surface area contributed by atoms with Crippen LogP contribution in [0.2, 0.25) is 10.0 Å². The molecule has 0 aliphatic carbocycles. The quantitative estimate of drug-likeness (QED) is 0.784. The normalized spacial score (nSPS) is 10.7. The Bertz CT molecular complexity index is 430. The van der Waals surface area contributed by atoms with Crippen LogP contribution in [0.3, 0.4) is 0 Å². The van der Waals surface area contributed by atoms with Gasteiger partial charge in [-0.25, -0.2) is 4.79 Å². The molecule has 5 heteroatoms. The number of benzene rings is 1. The predicted octanol–water partition coefficient (Wildman–Crippen LogP) is 4.51. The van der Waals surface area contributed by atoms with Crippen molar-refractivity contribution in [3.05, 3.63) is 27.7 Å². The number of aromatic carboxylic acids is 1. The lowest BCUT2D eigenvalue weighted by Gasteiger charge is -2.12. The van der Waals surface area contributed by atoms with Gasteiger partial charge >= 0.3 is 5.97 Å². The van der Waals surface area contributed by atoms with Crippen molar-refractivity contribution in [1.82, 2.24) is 0 Å². The molecule has 100 valence electrons. The van der Waals surface area contributed by atoms with Gasteiger partial charge in [-0.05, 0) is 30.9 Å². The number of carboxylic acid groups (broad SMARTS) is 1. The Morgan fingerprint density at radius 1 is 1.39 bits per heavy atom. The standard InChI is InChI=1S/C13H16Cl2O3/c1-8(2)4-3-5-18-12-10(13(16)17)6-9(14)7-11(12)15/h6-8H,3-5H2,1-2H3,(H,16,17). The third kappa shape index (κ3) is 4.39. The van der Waals surface area contributed by atoms with Crippen LogP contribution in [0, 0.1) is 5.92 Å². The van der Waals surface area contributed by atoms with Crippen LogP contribution < -0.4 is 4.74 Å². The van der Waals surface area contributed by atoms with E-state index >= 15 is 0 Å². The minimum atomic E-state index is -1.10. The van der Waals surface area contributed by atoms with Crippen LogP contribution >= 0.6 is 23.2 Å². The highest BCUT2D eigenvalue weighted by Gasteiger charge is 2.16. The number of carboxylic acids is 1. The molecule has 0 amide bonds. The molecule has 0 atom stereocenters. The van der Waals surface area contributed by atoms with Crippen molar-refractivity contribution in [1.29, 1.82) is 0 Å². The van der Waals surface area contributed by atoms with Crippen molar-refractivity contribution in [3.63, 3.8) is 0 Å². The molecule has 0 aliphatic heterocycles. The molecule has 0 unspecified atom stereocenters. The van der Waals surface area contributed by atoms with Crippen LogP contribution in [-0.2, 0) is 0 Å². The second kappa shape index (κ2) is 6.86. The second-order valence-electron chi connectivity index (χ2n) is 4.45. The van der Waals surface area contributed by atoms with Gasteiger partial charge in [0.1, 0.15) is 5.56 Å². The van der Waals surface area contributed by atoms with Crippen molar-refractivity contribution < 1.29 is 14.6 Å². The van der Waals surface area contributed by atoms with E-state index in [2.05, 4.69) is 13.8 Å². The maximum Gasteiger partial charge on any atom is 0.339 e. The number of rotatable bonds is 6. The Balaban J connectivity index is 2.77. The average molecular weight is 291 g/mol. The maximum absolute atomic E-state index is 11.1. The Hall–Kier alpha value is -0.930. The van der Waals surface area contributed by atoms with Crippen molar-refractivity contribution in [2.75, 3.05) is 6.61 Å². The summed E-state index contributed by atoms with van der Waals surface area (Å²) in [6.45, 7) is 4.69. The molecule has 1 rings (SSSR count). The Kier molecular flexibility index (Phi) is 5.76. The first-order chi connectivity index (χ1) is 8.41. The molecule has 1 aromatic rings. The van der Waals surface area contributed by atoms with Gasteiger partial charge in [-0.1, -0.05) is 37.0 Å². The summed E-state index contributed by atoms with van der Waals surface area (Å²) in [5.74, 6) is -0.316. The van der Waals surface area contributed by atoms with Crippen LogP contribution in [0.25, 0.3) is 0 Å². The zero-order chi connectivity index (χ0) is 13.7. The zero-order valence-electron chi connectivity index (χ0n) is 10.4. The third-order valence-electron chi connectivity index (χ3n) is 2.41. The van der Waals surface area contributed by atoms with Crippen molar-refractivity contribution in [3.8, 4) is 5.75 Å². The van der Waals surface area contributed by atoms with E-state index in [1.807, 2.05) is 0 Å². The van der Waals surface area contributed by atoms with Gasteiger partial charge in [0.2, 0.25) is 0 Å². The topological polar surface area (TPSA) is 46.5 Å². The highest BCUT2D eigenvalue weighted by Crippen LogP contribution is 2.32. The molecule has 3 nitrogen and oxygen atoms in total. The molecule has 0 saturated heterocycles. The summed E-state index contributed by atoms with van der Waals surface area (Å²) >= 11 is 11.7. The molecule has 0 saturated carbocycles. The average Bonchev–Trinajstić information content (AvgIpc) is 2.25. The van der Waals surface area contributed by atoms with Gasteiger partial charge in [-0.15, -0.1) is 0 Å². The molecule has 1 N–H and O–H groups in total. The number of hydrogen-bond acceptors (Lipinski definition) is 2. The first kappa shape index (κ1) is 15.1. The number of carbonyl (C=O) groups is 1. The summed E-state index contributed by atoms with van der Waals surface area (Å²) in [5.41, 5.74) is -0.00273. The zero-order valence-corrected chi connectivity index (χ0v) is 11.9. The van der Waals surface area contributed by atoms with E-state index in [-0.39, 0.29) is 21.4 Å². The summed E-state index contributed by atoms with van der Waals surface area (Å²) in [5, 5.41) is 9.57.